The smallest absolute Gasteiger partial charge is 0.290 e. The van der Waals surface area contributed by atoms with E-state index in [1.165, 1.54) is 0 Å². The number of aromatic nitrogens is 2. The van der Waals surface area contributed by atoms with Gasteiger partial charge in [0.2, 0.25) is 0 Å². The Morgan fingerprint density at radius 3 is 2.52 bits per heavy atom. The Morgan fingerprint density at radius 2 is 1.86 bits per heavy atom. The lowest BCUT2D eigenvalue weighted by Crippen LogP contribution is -2.43. The summed E-state index contributed by atoms with van der Waals surface area (Å²) in [6, 6.07) is 9.58. The number of nitrogens with one attached hydrogen (secondary N) is 1. The molecule has 2 heterocycles. The van der Waals surface area contributed by atoms with Crippen molar-refractivity contribution < 1.29 is 0 Å². The quantitative estimate of drug-likeness (QED) is 0.927. The van der Waals surface area contributed by atoms with Gasteiger partial charge in [0.1, 0.15) is 5.02 Å². The first-order chi connectivity index (χ1) is 10.2. The van der Waals surface area contributed by atoms with Crippen LogP contribution in [0.25, 0.3) is 5.69 Å². The predicted molar refractivity (Wildman–Crippen MR) is 84.2 cm³/mol. The van der Waals surface area contributed by atoms with Gasteiger partial charge < -0.3 is 5.32 Å². The van der Waals surface area contributed by atoms with E-state index in [1.54, 1.807) is 4.68 Å². The number of para-hydroxylation sites is 1. The molecule has 112 valence electrons. The minimum Gasteiger partial charge on any atom is -0.314 e. The average Bonchev–Trinajstić information content (AvgIpc) is 2.73. The van der Waals surface area contributed by atoms with Crippen LogP contribution < -0.4 is 10.9 Å². The molecule has 0 spiro atoms. The first-order valence-electron chi connectivity index (χ1n) is 7.13. The highest BCUT2D eigenvalue weighted by Crippen LogP contribution is 2.17. The summed E-state index contributed by atoms with van der Waals surface area (Å²) in [7, 11) is 1.89. The molecule has 2 aromatic rings. The molecule has 0 atom stereocenters. The number of hydrogen-bond donors (Lipinski definition) is 1. The summed E-state index contributed by atoms with van der Waals surface area (Å²) in [5.74, 6) is 0. The van der Waals surface area contributed by atoms with E-state index in [-0.39, 0.29) is 5.56 Å². The number of halogens is 1. The molecule has 0 amide bonds. The number of piperazine rings is 1. The van der Waals surface area contributed by atoms with E-state index in [9.17, 15) is 4.79 Å². The van der Waals surface area contributed by atoms with Gasteiger partial charge in [-0.2, -0.15) is 0 Å². The minimum absolute atomic E-state index is 0.157. The second-order valence-electron chi connectivity index (χ2n) is 5.26. The fourth-order valence-electron chi connectivity index (χ4n) is 2.73. The van der Waals surface area contributed by atoms with Crippen molar-refractivity contribution in [2.75, 3.05) is 26.2 Å². The van der Waals surface area contributed by atoms with Gasteiger partial charge in [0.05, 0.1) is 11.4 Å². The van der Waals surface area contributed by atoms with Crippen LogP contribution in [0.15, 0.2) is 35.1 Å². The lowest BCUT2D eigenvalue weighted by molar-refractivity contribution is 0.227. The summed E-state index contributed by atoms with van der Waals surface area (Å²) in [5, 5.41) is 3.64. The second kappa shape index (κ2) is 6.05. The first kappa shape index (κ1) is 14.4. The van der Waals surface area contributed by atoms with E-state index in [4.69, 9.17) is 11.6 Å². The van der Waals surface area contributed by atoms with Crippen LogP contribution in [0.5, 0.6) is 0 Å². The van der Waals surface area contributed by atoms with E-state index in [0.29, 0.717) is 11.6 Å². The molecule has 0 unspecified atom stereocenters. The number of nitrogens with zero attached hydrogens (tertiary/aromatic N) is 3. The fourth-order valence-corrected chi connectivity index (χ4v) is 2.99. The molecule has 1 N–H and O–H groups in total. The van der Waals surface area contributed by atoms with Gasteiger partial charge in [-0.15, -0.1) is 0 Å². The normalized spacial score (nSPS) is 16.3. The van der Waals surface area contributed by atoms with E-state index in [0.717, 1.165) is 37.6 Å². The van der Waals surface area contributed by atoms with Crippen molar-refractivity contribution in [3.8, 4) is 5.69 Å². The summed E-state index contributed by atoms with van der Waals surface area (Å²) in [4.78, 5) is 14.7. The largest absolute Gasteiger partial charge is 0.314 e. The zero-order chi connectivity index (χ0) is 14.8. The standard InChI is InChI=1S/C15H19ClN4O/c1-18-13(11-19-9-7-17-8-10-19)14(16)15(21)20(18)12-5-3-2-4-6-12/h2-6,17H,7-11H2,1H3. The van der Waals surface area contributed by atoms with Gasteiger partial charge in [0, 0.05) is 39.8 Å². The van der Waals surface area contributed by atoms with Gasteiger partial charge in [-0.3, -0.25) is 14.4 Å². The van der Waals surface area contributed by atoms with Crippen LogP contribution >= 0.6 is 11.6 Å². The summed E-state index contributed by atoms with van der Waals surface area (Å²) in [6.45, 7) is 4.60. The molecule has 3 rings (SSSR count). The van der Waals surface area contributed by atoms with E-state index in [1.807, 2.05) is 42.1 Å². The van der Waals surface area contributed by atoms with Crippen LogP contribution in [0.3, 0.4) is 0 Å². The van der Waals surface area contributed by atoms with E-state index < -0.39 is 0 Å². The van der Waals surface area contributed by atoms with Gasteiger partial charge in [-0.05, 0) is 12.1 Å². The summed E-state index contributed by atoms with van der Waals surface area (Å²) in [6.07, 6.45) is 0. The van der Waals surface area contributed by atoms with Crippen LogP contribution in [-0.4, -0.2) is 40.4 Å². The summed E-state index contributed by atoms with van der Waals surface area (Å²) >= 11 is 6.29. The Hall–Kier alpha value is -1.56. The lowest BCUT2D eigenvalue weighted by Gasteiger charge is -2.27. The maximum atomic E-state index is 12.4. The van der Waals surface area contributed by atoms with E-state index >= 15 is 0 Å². The van der Waals surface area contributed by atoms with Crippen molar-refractivity contribution in [3.05, 3.63) is 51.4 Å². The topological polar surface area (TPSA) is 42.2 Å². The number of hydrogen-bond acceptors (Lipinski definition) is 3. The third kappa shape index (κ3) is 2.77. The second-order valence-corrected chi connectivity index (χ2v) is 5.64. The molecule has 21 heavy (non-hydrogen) atoms. The van der Waals surface area contributed by atoms with Crippen LogP contribution in [0.2, 0.25) is 5.02 Å². The Bertz CT molecular complexity index is 671. The molecule has 1 saturated heterocycles. The van der Waals surface area contributed by atoms with Crippen molar-refractivity contribution in [1.82, 2.24) is 19.6 Å². The molecule has 1 aliphatic heterocycles. The summed E-state index contributed by atoms with van der Waals surface area (Å²) in [5.41, 5.74) is 1.54. The molecule has 0 bridgehead atoms. The molecule has 1 fully saturated rings. The molecule has 6 heteroatoms. The molecule has 0 saturated carbocycles. The number of rotatable bonds is 3. The van der Waals surface area contributed by atoms with Crippen LogP contribution in [-0.2, 0) is 13.6 Å². The molecule has 1 aromatic carbocycles. The zero-order valence-electron chi connectivity index (χ0n) is 12.1. The Kier molecular flexibility index (Phi) is 4.14. The third-order valence-corrected chi connectivity index (χ3v) is 4.29. The molecule has 1 aliphatic rings. The van der Waals surface area contributed by atoms with Gasteiger partial charge >= 0.3 is 0 Å². The van der Waals surface area contributed by atoms with Gasteiger partial charge in [-0.1, -0.05) is 29.8 Å². The molecular formula is C15H19ClN4O. The Labute approximate surface area is 128 Å². The average molecular weight is 307 g/mol. The van der Waals surface area contributed by atoms with Crippen molar-refractivity contribution in [3.63, 3.8) is 0 Å². The SMILES string of the molecule is Cn1c(CN2CCNCC2)c(Cl)c(=O)n1-c1ccccc1. The highest BCUT2D eigenvalue weighted by atomic mass is 35.5. The van der Waals surface area contributed by atoms with Gasteiger partial charge in [0.25, 0.3) is 5.56 Å². The maximum Gasteiger partial charge on any atom is 0.290 e. The minimum atomic E-state index is -0.157. The molecule has 5 nitrogen and oxygen atoms in total. The van der Waals surface area contributed by atoms with Crippen LogP contribution in [0.4, 0.5) is 0 Å². The van der Waals surface area contributed by atoms with Crippen molar-refractivity contribution in [1.29, 1.82) is 0 Å². The molecule has 1 aromatic heterocycles. The fraction of sp³-hybridized carbons (Fsp3) is 0.400. The van der Waals surface area contributed by atoms with Crippen LogP contribution in [0.1, 0.15) is 5.69 Å². The monoisotopic (exact) mass is 306 g/mol. The van der Waals surface area contributed by atoms with Crippen molar-refractivity contribution in [2.45, 2.75) is 6.54 Å². The van der Waals surface area contributed by atoms with Crippen molar-refractivity contribution in [2.24, 2.45) is 7.05 Å². The highest BCUT2D eigenvalue weighted by Gasteiger charge is 2.20. The van der Waals surface area contributed by atoms with Crippen molar-refractivity contribution >= 4 is 11.6 Å². The van der Waals surface area contributed by atoms with Gasteiger partial charge in [0.15, 0.2) is 0 Å². The van der Waals surface area contributed by atoms with E-state index in [2.05, 4.69) is 10.2 Å². The summed E-state index contributed by atoms with van der Waals surface area (Å²) < 4.78 is 3.49. The Morgan fingerprint density at radius 1 is 1.19 bits per heavy atom. The maximum absolute atomic E-state index is 12.4. The zero-order valence-corrected chi connectivity index (χ0v) is 12.8. The first-order valence-corrected chi connectivity index (χ1v) is 7.51. The third-order valence-electron chi connectivity index (χ3n) is 3.91. The van der Waals surface area contributed by atoms with Gasteiger partial charge in [-0.25, -0.2) is 4.68 Å². The molecule has 0 radical (unpaired) electrons. The van der Waals surface area contributed by atoms with Crippen LogP contribution in [0, 0.1) is 0 Å². The lowest BCUT2D eigenvalue weighted by atomic mass is 10.3. The Balaban J connectivity index is 1.97. The predicted octanol–water partition coefficient (Wildman–Crippen LogP) is 1.23. The highest BCUT2D eigenvalue weighted by molar-refractivity contribution is 6.31. The number of benzene rings is 1. The molecular weight excluding hydrogens is 288 g/mol. The molecule has 0 aliphatic carbocycles.